The van der Waals surface area contributed by atoms with Crippen LogP contribution in [0.5, 0.6) is 5.75 Å². The molecular formula is C19H23ClF3N5O5S. The van der Waals surface area contributed by atoms with Crippen molar-refractivity contribution >= 4 is 39.1 Å². The maximum Gasteiger partial charge on any atom is 0.427 e. The maximum absolute atomic E-state index is 13.4. The van der Waals surface area contributed by atoms with Crippen LogP contribution >= 0.6 is 11.6 Å². The molecule has 34 heavy (non-hydrogen) atoms. The molecule has 1 aromatic carbocycles. The van der Waals surface area contributed by atoms with Gasteiger partial charge in [0.15, 0.2) is 5.15 Å². The second-order valence-electron chi connectivity index (χ2n) is 7.86. The molecule has 1 aromatic heterocycles. The molecule has 2 heterocycles. The molecule has 0 unspecified atom stereocenters. The van der Waals surface area contributed by atoms with E-state index in [1.165, 1.54) is 29.1 Å². The van der Waals surface area contributed by atoms with Gasteiger partial charge in [-0.2, -0.15) is 18.3 Å². The minimum absolute atomic E-state index is 0.00622. The van der Waals surface area contributed by atoms with Gasteiger partial charge >= 0.3 is 12.3 Å². The highest BCUT2D eigenvalue weighted by Gasteiger charge is 2.51. The molecule has 0 aliphatic carbocycles. The van der Waals surface area contributed by atoms with Gasteiger partial charge in [0.2, 0.25) is 5.60 Å². The Labute approximate surface area is 198 Å². The molecule has 1 aliphatic rings. The predicted molar refractivity (Wildman–Crippen MR) is 118 cm³/mol. The lowest BCUT2D eigenvalue weighted by Gasteiger charge is -2.35. The topological polar surface area (TPSA) is 129 Å². The number of carbonyl (C=O) groups is 1. The number of aryl methyl sites for hydroxylation is 1. The summed E-state index contributed by atoms with van der Waals surface area (Å²) in [5, 5.41) is 5.90. The molecule has 1 atom stereocenters. The first-order valence-electron chi connectivity index (χ1n) is 10.0. The number of anilines is 2. The Morgan fingerprint density at radius 1 is 1.38 bits per heavy atom. The Kier molecular flexibility index (Phi) is 6.97. The second kappa shape index (κ2) is 9.15. The molecule has 2 aromatic rings. The van der Waals surface area contributed by atoms with E-state index < -0.39 is 34.0 Å². The molecule has 0 saturated carbocycles. The van der Waals surface area contributed by atoms with Crippen LogP contribution in [-0.2, 0) is 21.3 Å². The van der Waals surface area contributed by atoms with Crippen LogP contribution in [0.3, 0.4) is 0 Å². The largest absolute Gasteiger partial charge is 0.485 e. The third kappa shape index (κ3) is 5.03. The van der Waals surface area contributed by atoms with E-state index in [1.54, 1.807) is 6.92 Å². The fourth-order valence-corrected chi connectivity index (χ4v) is 4.95. The molecular weight excluding hydrogens is 503 g/mol. The smallest absolute Gasteiger partial charge is 0.427 e. The average molecular weight is 526 g/mol. The number of fused-ring (bicyclic) bond motifs is 1. The molecule has 0 fully saturated rings. The third-order valence-corrected chi connectivity index (χ3v) is 7.18. The summed E-state index contributed by atoms with van der Waals surface area (Å²) >= 11 is 6.06. The molecule has 1 aliphatic heterocycles. The summed E-state index contributed by atoms with van der Waals surface area (Å²) < 4.78 is 78.5. The lowest BCUT2D eigenvalue weighted by Crippen LogP contribution is -2.46. The molecule has 3 N–H and O–H groups in total. The highest BCUT2D eigenvalue weighted by atomic mass is 35.5. The van der Waals surface area contributed by atoms with Crippen LogP contribution in [0.15, 0.2) is 29.3 Å². The van der Waals surface area contributed by atoms with Crippen molar-refractivity contribution in [2.75, 3.05) is 22.7 Å². The number of carbonyl (C=O) groups excluding carboxylic acids is 1. The molecule has 10 nitrogen and oxygen atoms in total. The van der Waals surface area contributed by atoms with E-state index in [-0.39, 0.29) is 40.3 Å². The van der Waals surface area contributed by atoms with E-state index in [9.17, 15) is 26.4 Å². The predicted octanol–water partition coefficient (Wildman–Crippen LogP) is 3.36. The molecule has 188 valence electrons. The number of rotatable bonds is 6. The lowest BCUT2D eigenvalue weighted by atomic mass is 10.1. The fraction of sp³-hybridized carbons (Fsp3) is 0.474. The summed E-state index contributed by atoms with van der Waals surface area (Å²) in [6.45, 7) is 3.38. The zero-order valence-electron chi connectivity index (χ0n) is 18.4. The first kappa shape index (κ1) is 25.9. The van der Waals surface area contributed by atoms with Gasteiger partial charge in [-0.05, 0) is 39.0 Å². The van der Waals surface area contributed by atoms with Gasteiger partial charge in [0.1, 0.15) is 16.7 Å². The normalized spacial score (nSPS) is 16.6. The number of halogens is 4. The van der Waals surface area contributed by atoms with Crippen molar-refractivity contribution in [3.63, 3.8) is 0 Å². The standard InChI is InChI=1S/C19H23ClF3N5O5S/c1-4-27-10-15(16(20)26-27)34(30,31)28-9-12(8-24)32-14-6-5-11(7-13(14)28)25-17(29)33-18(2,3)19(21,22)23/h5-7,10,12H,4,8-9,24H2,1-3H3,(H,25,29)/t12-/m0/s1. The Bertz CT molecular complexity index is 1190. The van der Waals surface area contributed by atoms with Gasteiger partial charge in [0, 0.05) is 25.0 Å². The van der Waals surface area contributed by atoms with Crippen LogP contribution in [0, 0.1) is 0 Å². The van der Waals surface area contributed by atoms with Gasteiger partial charge in [-0.3, -0.25) is 14.3 Å². The van der Waals surface area contributed by atoms with Gasteiger partial charge in [0.05, 0.1) is 12.2 Å². The quantitative estimate of drug-likeness (QED) is 0.591. The zero-order valence-corrected chi connectivity index (χ0v) is 20.0. The van der Waals surface area contributed by atoms with E-state index in [4.69, 9.17) is 22.1 Å². The molecule has 0 radical (unpaired) electrons. The number of amides is 1. The highest BCUT2D eigenvalue weighted by molar-refractivity contribution is 7.93. The Morgan fingerprint density at radius 2 is 2.06 bits per heavy atom. The fourth-order valence-electron chi connectivity index (χ4n) is 3.01. The summed E-state index contributed by atoms with van der Waals surface area (Å²) in [6, 6.07) is 3.92. The van der Waals surface area contributed by atoms with Crippen LogP contribution in [0.2, 0.25) is 5.15 Å². The lowest BCUT2D eigenvalue weighted by molar-refractivity contribution is -0.242. The van der Waals surface area contributed by atoms with E-state index in [0.717, 1.165) is 4.31 Å². The van der Waals surface area contributed by atoms with Crippen LogP contribution in [-0.4, -0.2) is 55.3 Å². The molecule has 3 rings (SSSR count). The van der Waals surface area contributed by atoms with Gasteiger partial charge in [-0.25, -0.2) is 13.2 Å². The van der Waals surface area contributed by atoms with Gasteiger partial charge in [-0.1, -0.05) is 11.6 Å². The molecule has 15 heteroatoms. The number of alkyl halides is 3. The molecule has 0 spiro atoms. The molecule has 1 amide bonds. The number of benzene rings is 1. The number of ether oxygens (including phenoxy) is 2. The van der Waals surface area contributed by atoms with E-state index >= 15 is 0 Å². The van der Waals surface area contributed by atoms with E-state index in [2.05, 4.69) is 15.2 Å². The zero-order chi connectivity index (χ0) is 25.5. The first-order valence-corrected chi connectivity index (χ1v) is 11.8. The number of nitrogens with two attached hydrogens (primary N) is 1. The number of hydrogen-bond donors (Lipinski definition) is 2. The molecule has 0 bridgehead atoms. The molecule has 0 saturated heterocycles. The van der Waals surface area contributed by atoms with Crippen LogP contribution in [0.4, 0.5) is 29.3 Å². The van der Waals surface area contributed by atoms with E-state index in [0.29, 0.717) is 20.4 Å². The van der Waals surface area contributed by atoms with Crippen LogP contribution in [0.1, 0.15) is 20.8 Å². The first-order chi connectivity index (χ1) is 15.7. The van der Waals surface area contributed by atoms with Crippen molar-refractivity contribution in [1.29, 1.82) is 0 Å². The average Bonchev–Trinajstić information content (AvgIpc) is 3.13. The number of nitrogens with zero attached hydrogens (tertiary/aromatic N) is 3. The monoisotopic (exact) mass is 525 g/mol. The summed E-state index contributed by atoms with van der Waals surface area (Å²) in [5.41, 5.74) is 2.96. The minimum Gasteiger partial charge on any atom is -0.485 e. The third-order valence-electron chi connectivity index (χ3n) is 5.01. The number of hydrogen-bond acceptors (Lipinski definition) is 7. The van der Waals surface area contributed by atoms with Crippen LogP contribution in [0.25, 0.3) is 0 Å². The highest BCUT2D eigenvalue weighted by Crippen LogP contribution is 2.40. The second-order valence-corrected chi connectivity index (χ2v) is 10.0. The van der Waals surface area contributed by atoms with Crippen molar-refractivity contribution in [2.24, 2.45) is 5.73 Å². The van der Waals surface area contributed by atoms with Crippen molar-refractivity contribution in [3.8, 4) is 5.75 Å². The Hall–Kier alpha value is -2.71. The van der Waals surface area contributed by atoms with Crippen molar-refractivity contribution < 1.29 is 35.9 Å². The van der Waals surface area contributed by atoms with Gasteiger partial charge < -0.3 is 15.2 Å². The summed E-state index contributed by atoms with van der Waals surface area (Å²) in [5.74, 6) is 0.138. The Morgan fingerprint density at radius 3 is 2.62 bits per heavy atom. The van der Waals surface area contributed by atoms with Crippen molar-refractivity contribution in [2.45, 2.75) is 50.1 Å². The summed E-state index contributed by atoms with van der Waals surface area (Å²) in [4.78, 5) is 11.8. The minimum atomic E-state index is -4.79. The van der Waals surface area contributed by atoms with Gasteiger partial charge in [0.25, 0.3) is 10.0 Å². The van der Waals surface area contributed by atoms with Crippen molar-refractivity contribution in [1.82, 2.24) is 9.78 Å². The van der Waals surface area contributed by atoms with Crippen LogP contribution < -0.4 is 20.1 Å². The summed E-state index contributed by atoms with van der Waals surface area (Å²) in [6.07, 6.45) is -5.57. The van der Waals surface area contributed by atoms with E-state index in [1.807, 2.05) is 0 Å². The number of sulfonamides is 1. The summed E-state index contributed by atoms with van der Waals surface area (Å²) in [7, 11) is -4.24. The van der Waals surface area contributed by atoms with Crippen molar-refractivity contribution in [3.05, 3.63) is 29.5 Å². The number of nitrogens with one attached hydrogen (secondary N) is 1. The Balaban J connectivity index is 1.96. The SMILES string of the molecule is CCn1cc(S(=O)(=O)N2C[C@H](CN)Oc3ccc(NC(=O)OC(C)(C)C(F)(F)F)cc32)c(Cl)n1. The van der Waals surface area contributed by atoms with Gasteiger partial charge in [-0.15, -0.1) is 0 Å². The number of aromatic nitrogens is 2. The maximum atomic E-state index is 13.4.